The first-order chi connectivity index (χ1) is 7.56. The standard InChI is InChI=1S/C13H20N2O/c1-9(2)11-7-5-6-10(3)13(11)15-12(16)8-14-4/h5-7,9,14H,8H2,1-4H3,(H,15,16). The van der Waals surface area contributed by atoms with Crippen molar-refractivity contribution in [2.24, 2.45) is 0 Å². The van der Waals surface area contributed by atoms with E-state index in [1.165, 1.54) is 5.56 Å². The Labute approximate surface area is 97.2 Å². The second kappa shape index (κ2) is 5.66. The van der Waals surface area contributed by atoms with Gasteiger partial charge in [0.25, 0.3) is 0 Å². The molecule has 0 aliphatic heterocycles. The van der Waals surface area contributed by atoms with Gasteiger partial charge in [0.2, 0.25) is 5.91 Å². The molecular weight excluding hydrogens is 200 g/mol. The smallest absolute Gasteiger partial charge is 0.238 e. The zero-order chi connectivity index (χ0) is 12.1. The van der Waals surface area contributed by atoms with Gasteiger partial charge in [0.15, 0.2) is 0 Å². The van der Waals surface area contributed by atoms with Crippen molar-refractivity contribution in [1.29, 1.82) is 0 Å². The van der Waals surface area contributed by atoms with Crippen molar-refractivity contribution >= 4 is 11.6 Å². The summed E-state index contributed by atoms with van der Waals surface area (Å²) >= 11 is 0. The van der Waals surface area contributed by atoms with E-state index < -0.39 is 0 Å². The normalized spacial score (nSPS) is 10.6. The Balaban J connectivity index is 2.97. The van der Waals surface area contributed by atoms with Crippen LogP contribution in [0.2, 0.25) is 0 Å². The number of rotatable bonds is 4. The van der Waals surface area contributed by atoms with Gasteiger partial charge in [-0.15, -0.1) is 0 Å². The largest absolute Gasteiger partial charge is 0.324 e. The van der Waals surface area contributed by atoms with Crippen LogP contribution in [0.3, 0.4) is 0 Å². The first-order valence-electron chi connectivity index (χ1n) is 5.60. The van der Waals surface area contributed by atoms with Crippen molar-refractivity contribution in [3.63, 3.8) is 0 Å². The lowest BCUT2D eigenvalue weighted by Crippen LogP contribution is -2.26. The van der Waals surface area contributed by atoms with Crippen LogP contribution >= 0.6 is 0 Å². The molecule has 3 heteroatoms. The van der Waals surface area contributed by atoms with Gasteiger partial charge in [-0.1, -0.05) is 32.0 Å². The highest BCUT2D eigenvalue weighted by atomic mass is 16.1. The molecule has 0 fully saturated rings. The fourth-order valence-electron chi connectivity index (χ4n) is 1.69. The number of benzene rings is 1. The average Bonchev–Trinajstić information content (AvgIpc) is 2.21. The van der Waals surface area contributed by atoms with E-state index in [-0.39, 0.29) is 5.91 Å². The fourth-order valence-corrected chi connectivity index (χ4v) is 1.69. The third-order valence-corrected chi connectivity index (χ3v) is 2.53. The van der Waals surface area contributed by atoms with Crippen LogP contribution in [0.5, 0.6) is 0 Å². The Kier molecular flexibility index (Phi) is 4.50. The molecule has 1 amide bonds. The lowest BCUT2D eigenvalue weighted by Gasteiger charge is -2.16. The minimum atomic E-state index is -0.00120. The van der Waals surface area contributed by atoms with E-state index in [2.05, 4.69) is 30.5 Å². The molecule has 0 saturated carbocycles. The molecule has 3 nitrogen and oxygen atoms in total. The summed E-state index contributed by atoms with van der Waals surface area (Å²) in [7, 11) is 1.76. The Hall–Kier alpha value is -1.35. The van der Waals surface area contributed by atoms with Crippen LogP contribution in [0.15, 0.2) is 18.2 Å². The first kappa shape index (κ1) is 12.7. The number of hydrogen-bond donors (Lipinski definition) is 2. The maximum atomic E-state index is 11.6. The Morgan fingerprint density at radius 3 is 2.62 bits per heavy atom. The summed E-state index contributed by atoms with van der Waals surface area (Å²) in [5, 5.41) is 5.80. The number of amides is 1. The molecule has 2 N–H and O–H groups in total. The molecule has 0 saturated heterocycles. The van der Waals surface area contributed by atoms with Crippen molar-refractivity contribution in [3.05, 3.63) is 29.3 Å². The van der Waals surface area contributed by atoms with E-state index in [0.717, 1.165) is 11.3 Å². The van der Waals surface area contributed by atoms with Gasteiger partial charge in [-0.05, 0) is 31.0 Å². The molecule has 0 radical (unpaired) electrons. The van der Waals surface area contributed by atoms with Gasteiger partial charge >= 0.3 is 0 Å². The highest BCUT2D eigenvalue weighted by Crippen LogP contribution is 2.27. The Morgan fingerprint density at radius 1 is 1.38 bits per heavy atom. The van der Waals surface area contributed by atoms with Crippen LogP contribution in [0.4, 0.5) is 5.69 Å². The molecular formula is C13H20N2O. The highest BCUT2D eigenvalue weighted by Gasteiger charge is 2.11. The number of likely N-dealkylation sites (N-methyl/N-ethyl adjacent to an activating group) is 1. The van der Waals surface area contributed by atoms with E-state index in [9.17, 15) is 4.79 Å². The third-order valence-electron chi connectivity index (χ3n) is 2.53. The van der Waals surface area contributed by atoms with Gasteiger partial charge in [-0.2, -0.15) is 0 Å². The number of carbonyl (C=O) groups is 1. The van der Waals surface area contributed by atoms with Gasteiger partial charge in [0, 0.05) is 5.69 Å². The van der Waals surface area contributed by atoms with Gasteiger partial charge in [0.05, 0.1) is 6.54 Å². The van der Waals surface area contributed by atoms with Gasteiger partial charge in [-0.3, -0.25) is 4.79 Å². The van der Waals surface area contributed by atoms with Crippen molar-refractivity contribution < 1.29 is 4.79 Å². The predicted molar refractivity (Wildman–Crippen MR) is 67.8 cm³/mol. The summed E-state index contributed by atoms with van der Waals surface area (Å²) in [5.41, 5.74) is 3.25. The minimum Gasteiger partial charge on any atom is -0.324 e. The molecule has 0 bridgehead atoms. The molecule has 0 spiro atoms. The van der Waals surface area contributed by atoms with E-state index in [1.54, 1.807) is 7.05 Å². The summed E-state index contributed by atoms with van der Waals surface area (Å²) in [6, 6.07) is 6.10. The minimum absolute atomic E-state index is 0.00120. The van der Waals surface area contributed by atoms with Gasteiger partial charge < -0.3 is 10.6 Å². The molecule has 1 rings (SSSR count). The Morgan fingerprint density at radius 2 is 2.06 bits per heavy atom. The molecule has 0 heterocycles. The monoisotopic (exact) mass is 220 g/mol. The molecule has 1 aromatic rings. The number of carbonyl (C=O) groups excluding carboxylic acids is 1. The van der Waals surface area contributed by atoms with Crippen LogP contribution in [0.25, 0.3) is 0 Å². The molecule has 0 atom stereocenters. The third kappa shape index (κ3) is 3.07. The SMILES string of the molecule is CNCC(=O)Nc1c(C)cccc1C(C)C. The molecule has 16 heavy (non-hydrogen) atoms. The van der Waals surface area contributed by atoms with Crippen LogP contribution < -0.4 is 10.6 Å². The summed E-state index contributed by atoms with van der Waals surface area (Å²) < 4.78 is 0. The lowest BCUT2D eigenvalue weighted by molar-refractivity contribution is -0.115. The van der Waals surface area contributed by atoms with Gasteiger partial charge in [-0.25, -0.2) is 0 Å². The van der Waals surface area contributed by atoms with Gasteiger partial charge in [0.1, 0.15) is 0 Å². The molecule has 1 aromatic carbocycles. The van der Waals surface area contributed by atoms with Crippen molar-refractivity contribution in [2.45, 2.75) is 26.7 Å². The van der Waals surface area contributed by atoms with E-state index in [4.69, 9.17) is 0 Å². The first-order valence-corrected chi connectivity index (χ1v) is 5.60. The van der Waals surface area contributed by atoms with Crippen LogP contribution in [-0.2, 0) is 4.79 Å². The van der Waals surface area contributed by atoms with E-state index in [1.807, 2.05) is 19.1 Å². The zero-order valence-electron chi connectivity index (χ0n) is 10.4. The topological polar surface area (TPSA) is 41.1 Å². The number of aryl methyl sites for hydroxylation is 1. The second-order valence-corrected chi connectivity index (χ2v) is 4.27. The maximum absolute atomic E-state index is 11.6. The Bertz CT molecular complexity index is 372. The predicted octanol–water partition coefficient (Wildman–Crippen LogP) is 2.28. The highest BCUT2D eigenvalue weighted by molar-refractivity contribution is 5.93. The average molecular weight is 220 g/mol. The van der Waals surface area contributed by atoms with Crippen LogP contribution in [0, 0.1) is 6.92 Å². The number of anilines is 1. The van der Waals surface area contributed by atoms with E-state index >= 15 is 0 Å². The fraction of sp³-hybridized carbons (Fsp3) is 0.462. The lowest BCUT2D eigenvalue weighted by atomic mass is 9.98. The molecule has 0 aromatic heterocycles. The molecule has 0 aliphatic carbocycles. The van der Waals surface area contributed by atoms with Crippen LogP contribution in [-0.4, -0.2) is 19.5 Å². The number of nitrogens with one attached hydrogen (secondary N) is 2. The zero-order valence-corrected chi connectivity index (χ0v) is 10.4. The summed E-state index contributed by atoms with van der Waals surface area (Å²) in [5.74, 6) is 0.406. The summed E-state index contributed by atoms with van der Waals surface area (Å²) in [4.78, 5) is 11.6. The maximum Gasteiger partial charge on any atom is 0.238 e. The molecule has 88 valence electrons. The van der Waals surface area contributed by atoms with Crippen LogP contribution in [0.1, 0.15) is 30.9 Å². The number of para-hydroxylation sites is 1. The summed E-state index contributed by atoms with van der Waals surface area (Å²) in [6.07, 6.45) is 0. The quantitative estimate of drug-likeness (QED) is 0.817. The molecule has 0 unspecified atom stereocenters. The van der Waals surface area contributed by atoms with Crippen molar-refractivity contribution in [3.8, 4) is 0 Å². The number of hydrogen-bond acceptors (Lipinski definition) is 2. The summed E-state index contributed by atoms with van der Waals surface area (Å²) in [6.45, 7) is 6.61. The van der Waals surface area contributed by atoms with Crippen molar-refractivity contribution in [1.82, 2.24) is 5.32 Å². The van der Waals surface area contributed by atoms with E-state index in [0.29, 0.717) is 12.5 Å². The second-order valence-electron chi connectivity index (χ2n) is 4.27. The molecule has 0 aliphatic rings. The van der Waals surface area contributed by atoms with Crippen molar-refractivity contribution in [2.75, 3.05) is 18.9 Å².